The Labute approximate surface area is 217 Å². The minimum Gasteiger partial charge on any atom is -0.507 e. The number of methoxy groups -OCH3 is 1. The number of Topliss-reactive ketones (excluding diaryl/α,β-unsaturated/α-hetero) is 1. The lowest BCUT2D eigenvalue weighted by Gasteiger charge is -2.26. The van der Waals surface area contributed by atoms with E-state index in [1.165, 1.54) is 40.6 Å². The van der Waals surface area contributed by atoms with Crippen molar-refractivity contribution in [1.82, 2.24) is 9.21 Å². The fourth-order valence-corrected chi connectivity index (χ4v) is 5.99. The number of ketones is 1. The number of likely N-dealkylation sites (tertiary alicyclic amines) is 1. The molecule has 2 aliphatic rings. The third-order valence-corrected chi connectivity index (χ3v) is 8.64. The SMILES string of the molecule is COCCN1C(=O)C(=O)/C(=C(/O)c2ccc(S(=O)(=O)N3CCOCC3)cc2)[C@H]1c1ccc(C(C)C)cc1. The number of nitrogens with zero attached hydrogens (tertiary/aromatic N) is 2. The molecule has 0 saturated carbocycles. The van der Waals surface area contributed by atoms with Gasteiger partial charge in [-0.15, -0.1) is 0 Å². The molecule has 0 unspecified atom stereocenters. The van der Waals surface area contributed by atoms with E-state index in [9.17, 15) is 23.1 Å². The minimum absolute atomic E-state index is 0.0396. The standard InChI is InChI=1S/C27H32N2O7S/c1-18(2)19-4-6-20(7-5-19)24-23(26(31)27(32)29(24)14-15-35-3)25(30)21-8-10-22(11-9-21)37(33,34)28-12-16-36-17-13-28/h4-11,18,24,30H,12-17H2,1-3H3/b25-23+/t24-/m1/s1. The molecule has 10 heteroatoms. The highest BCUT2D eigenvalue weighted by atomic mass is 32.2. The molecule has 2 heterocycles. The first-order valence-electron chi connectivity index (χ1n) is 12.2. The summed E-state index contributed by atoms with van der Waals surface area (Å²) < 4.78 is 37.6. The van der Waals surface area contributed by atoms with E-state index in [4.69, 9.17) is 9.47 Å². The number of amides is 1. The van der Waals surface area contributed by atoms with Crippen LogP contribution in [0.25, 0.3) is 5.76 Å². The molecule has 1 amide bonds. The van der Waals surface area contributed by atoms with Crippen LogP contribution < -0.4 is 0 Å². The number of aliphatic hydroxyl groups is 1. The van der Waals surface area contributed by atoms with E-state index in [-0.39, 0.29) is 48.0 Å². The highest BCUT2D eigenvalue weighted by Gasteiger charge is 2.45. The average molecular weight is 529 g/mol. The van der Waals surface area contributed by atoms with E-state index in [0.29, 0.717) is 24.7 Å². The van der Waals surface area contributed by atoms with Crippen molar-refractivity contribution in [2.45, 2.75) is 30.7 Å². The maximum Gasteiger partial charge on any atom is 0.295 e. The Bertz CT molecular complexity index is 1280. The molecular formula is C27H32N2O7S. The summed E-state index contributed by atoms with van der Waals surface area (Å²) >= 11 is 0. The topological polar surface area (TPSA) is 113 Å². The van der Waals surface area contributed by atoms with Gasteiger partial charge in [0.1, 0.15) is 5.76 Å². The molecule has 2 fully saturated rings. The first-order chi connectivity index (χ1) is 17.7. The first kappa shape index (κ1) is 27.0. The van der Waals surface area contributed by atoms with E-state index in [1.807, 2.05) is 24.3 Å². The summed E-state index contributed by atoms with van der Waals surface area (Å²) in [5.74, 6) is -1.56. The normalized spacial score (nSPS) is 20.6. The van der Waals surface area contributed by atoms with Crippen LogP contribution in [-0.4, -0.2) is 81.0 Å². The predicted octanol–water partition coefficient (Wildman–Crippen LogP) is 2.90. The van der Waals surface area contributed by atoms with Gasteiger partial charge in [0, 0.05) is 32.3 Å². The zero-order chi connectivity index (χ0) is 26.7. The molecule has 0 aliphatic carbocycles. The van der Waals surface area contributed by atoms with Gasteiger partial charge in [0.25, 0.3) is 11.7 Å². The number of aliphatic hydroxyl groups excluding tert-OH is 1. The molecule has 0 spiro atoms. The quantitative estimate of drug-likeness (QED) is 0.318. The van der Waals surface area contributed by atoms with E-state index in [2.05, 4.69) is 13.8 Å². The van der Waals surface area contributed by atoms with Crippen molar-refractivity contribution in [3.63, 3.8) is 0 Å². The van der Waals surface area contributed by atoms with Gasteiger partial charge in [0.2, 0.25) is 10.0 Å². The van der Waals surface area contributed by atoms with Crippen LogP contribution in [-0.2, 0) is 29.1 Å². The average Bonchev–Trinajstić information content (AvgIpc) is 3.17. The van der Waals surface area contributed by atoms with E-state index in [1.54, 1.807) is 0 Å². The number of hydrogen-bond acceptors (Lipinski definition) is 7. The first-order valence-corrected chi connectivity index (χ1v) is 13.7. The second kappa shape index (κ2) is 11.1. The lowest BCUT2D eigenvalue weighted by molar-refractivity contribution is -0.140. The lowest BCUT2D eigenvalue weighted by Crippen LogP contribution is -2.40. The zero-order valence-electron chi connectivity index (χ0n) is 21.2. The van der Waals surface area contributed by atoms with Gasteiger partial charge < -0.3 is 19.5 Å². The molecule has 4 rings (SSSR count). The summed E-state index contributed by atoms with van der Waals surface area (Å²) in [7, 11) is -2.21. The highest BCUT2D eigenvalue weighted by molar-refractivity contribution is 7.89. The van der Waals surface area contributed by atoms with Crippen LogP contribution in [0.5, 0.6) is 0 Å². The number of carbonyl (C=O) groups excluding carboxylic acids is 2. The molecule has 1 N–H and O–H groups in total. The fourth-order valence-electron chi connectivity index (χ4n) is 4.59. The highest BCUT2D eigenvalue weighted by Crippen LogP contribution is 2.39. The number of benzene rings is 2. The fraction of sp³-hybridized carbons (Fsp3) is 0.407. The van der Waals surface area contributed by atoms with Gasteiger partial charge in [-0.2, -0.15) is 4.31 Å². The van der Waals surface area contributed by atoms with Crippen molar-refractivity contribution in [2.75, 3.05) is 46.6 Å². The van der Waals surface area contributed by atoms with Crippen molar-refractivity contribution in [1.29, 1.82) is 0 Å². The largest absolute Gasteiger partial charge is 0.507 e. The molecule has 1 atom stereocenters. The van der Waals surface area contributed by atoms with Gasteiger partial charge in [-0.1, -0.05) is 38.1 Å². The molecular weight excluding hydrogens is 496 g/mol. The molecule has 2 aromatic carbocycles. The summed E-state index contributed by atoms with van der Waals surface area (Å²) in [4.78, 5) is 27.6. The van der Waals surface area contributed by atoms with Crippen LogP contribution in [0, 0.1) is 0 Å². The molecule has 0 bridgehead atoms. The van der Waals surface area contributed by atoms with Gasteiger partial charge in [0.15, 0.2) is 0 Å². The molecule has 2 aliphatic heterocycles. The minimum atomic E-state index is -3.71. The number of carbonyl (C=O) groups is 2. The number of ether oxygens (including phenoxy) is 2. The Kier molecular flexibility index (Phi) is 8.13. The predicted molar refractivity (Wildman–Crippen MR) is 137 cm³/mol. The summed E-state index contributed by atoms with van der Waals surface area (Å²) in [6.45, 7) is 5.74. The molecule has 2 saturated heterocycles. The van der Waals surface area contributed by atoms with Gasteiger partial charge in [0.05, 0.1) is 36.3 Å². The third kappa shape index (κ3) is 5.33. The van der Waals surface area contributed by atoms with E-state index >= 15 is 0 Å². The number of hydrogen-bond donors (Lipinski definition) is 1. The molecule has 0 aromatic heterocycles. The maximum absolute atomic E-state index is 13.1. The summed E-state index contributed by atoms with van der Waals surface area (Å²) in [6.07, 6.45) is 0. The Morgan fingerprint density at radius 1 is 1.05 bits per heavy atom. The van der Waals surface area contributed by atoms with Gasteiger partial charge >= 0.3 is 0 Å². The Hall–Kier alpha value is -3.05. The molecule has 2 aromatic rings. The second-order valence-electron chi connectivity index (χ2n) is 9.35. The monoisotopic (exact) mass is 528 g/mol. The number of sulfonamides is 1. The summed E-state index contributed by atoms with van der Waals surface area (Å²) in [5, 5.41) is 11.2. The Balaban J connectivity index is 1.73. The van der Waals surface area contributed by atoms with Crippen molar-refractivity contribution in [3.8, 4) is 0 Å². The van der Waals surface area contributed by atoms with Crippen molar-refractivity contribution >= 4 is 27.5 Å². The molecule has 9 nitrogen and oxygen atoms in total. The van der Waals surface area contributed by atoms with Crippen LogP contribution in [0.3, 0.4) is 0 Å². The van der Waals surface area contributed by atoms with Crippen LogP contribution >= 0.6 is 0 Å². The summed E-state index contributed by atoms with van der Waals surface area (Å²) in [5.41, 5.74) is 2.00. The van der Waals surface area contributed by atoms with E-state index in [0.717, 1.165) is 5.56 Å². The van der Waals surface area contributed by atoms with Gasteiger partial charge in [-0.3, -0.25) is 9.59 Å². The van der Waals surface area contributed by atoms with Gasteiger partial charge in [-0.25, -0.2) is 8.42 Å². The van der Waals surface area contributed by atoms with Crippen LogP contribution in [0.15, 0.2) is 59.0 Å². The number of morpholine rings is 1. The van der Waals surface area contributed by atoms with E-state index < -0.39 is 27.8 Å². The third-order valence-electron chi connectivity index (χ3n) is 6.73. The van der Waals surface area contributed by atoms with Crippen LogP contribution in [0.1, 0.15) is 42.5 Å². The van der Waals surface area contributed by atoms with Crippen molar-refractivity contribution < 1.29 is 32.6 Å². The van der Waals surface area contributed by atoms with Crippen molar-refractivity contribution in [3.05, 3.63) is 70.8 Å². The zero-order valence-corrected chi connectivity index (χ0v) is 22.0. The van der Waals surface area contributed by atoms with Crippen LogP contribution in [0.4, 0.5) is 0 Å². The second-order valence-corrected chi connectivity index (χ2v) is 11.3. The summed E-state index contributed by atoms with van der Waals surface area (Å²) in [6, 6.07) is 12.5. The smallest absolute Gasteiger partial charge is 0.295 e. The van der Waals surface area contributed by atoms with Gasteiger partial charge in [-0.05, 0) is 41.3 Å². The Morgan fingerprint density at radius 2 is 1.68 bits per heavy atom. The Morgan fingerprint density at radius 3 is 2.24 bits per heavy atom. The maximum atomic E-state index is 13.1. The molecule has 0 radical (unpaired) electrons. The lowest BCUT2D eigenvalue weighted by atomic mass is 9.93. The molecule has 37 heavy (non-hydrogen) atoms. The number of rotatable bonds is 8. The van der Waals surface area contributed by atoms with Crippen LogP contribution in [0.2, 0.25) is 0 Å². The molecule has 198 valence electrons. The van der Waals surface area contributed by atoms with Crippen molar-refractivity contribution in [2.24, 2.45) is 0 Å².